The van der Waals surface area contributed by atoms with Gasteiger partial charge in [-0.1, -0.05) is 18.1 Å². The van der Waals surface area contributed by atoms with Crippen molar-refractivity contribution in [3.63, 3.8) is 0 Å². The van der Waals surface area contributed by atoms with Crippen LogP contribution in [0.5, 0.6) is 5.75 Å². The van der Waals surface area contributed by atoms with Crippen molar-refractivity contribution in [3.8, 4) is 18.1 Å². The van der Waals surface area contributed by atoms with Gasteiger partial charge in [-0.15, -0.1) is 6.42 Å². The van der Waals surface area contributed by atoms with Crippen molar-refractivity contribution in [1.82, 2.24) is 20.4 Å². The van der Waals surface area contributed by atoms with Gasteiger partial charge in [0.2, 0.25) is 0 Å². The SMILES string of the molecule is C#CCOc1ccc(CCNC(=NCC(C)(O)c2cnn(C)c2)NCC)cc1. The third-order valence-electron chi connectivity index (χ3n) is 4.17. The maximum absolute atomic E-state index is 10.7. The summed E-state index contributed by atoms with van der Waals surface area (Å²) in [4.78, 5) is 4.52. The molecule has 1 unspecified atom stereocenters. The summed E-state index contributed by atoms with van der Waals surface area (Å²) in [7, 11) is 1.82. The topological polar surface area (TPSA) is 83.7 Å². The Morgan fingerprint density at radius 2 is 2.11 bits per heavy atom. The lowest BCUT2D eigenvalue weighted by atomic mass is 10.0. The number of nitrogens with one attached hydrogen (secondary N) is 2. The maximum Gasteiger partial charge on any atom is 0.191 e. The number of guanidine groups is 1. The Bertz CT molecular complexity index is 803. The summed E-state index contributed by atoms with van der Waals surface area (Å²) >= 11 is 0. The number of hydrogen-bond donors (Lipinski definition) is 3. The fourth-order valence-corrected chi connectivity index (χ4v) is 2.57. The molecule has 0 fully saturated rings. The van der Waals surface area contributed by atoms with Gasteiger partial charge in [0.05, 0.1) is 12.7 Å². The van der Waals surface area contributed by atoms with E-state index in [-0.39, 0.29) is 13.2 Å². The molecule has 0 aliphatic heterocycles. The molecule has 0 radical (unpaired) electrons. The lowest BCUT2D eigenvalue weighted by Crippen LogP contribution is -2.39. The van der Waals surface area contributed by atoms with Gasteiger partial charge >= 0.3 is 0 Å². The molecule has 0 aliphatic rings. The van der Waals surface area contributed by atoms with Crippen molar-refractivity contribution in [2.24, 2.45) is 12.0 Å². The summed E-state index contributed by atoms with van der Waals surface area (Å²) in [5, 5.41) is 21.3. The van der Waals surface area contributed by atoms with Crippen molar-refractivity contribution >= 4 is 5.96 Å². The molecule has 1 atom stereocenters. The second-order valence-electron chi connectivity index (χ2n) is 6.69. The van der Waals surface area contributed by atoms with Gasteiger partial charge in [0.15, 0.2) is 5.96 Å². The van der Waals surface area contributed by atoms with E-state index in [0.29, 0.717) is 12.5 Å². The normalized spacial score (nSPS) is 13.5. The van der Waals surface area contributed by atoms with Crippen molar-refractivity contribution in [3.05, 3.63) is 47.8 Å². The van der Waals surface area contributed by atoms with Gasteiger partial charge in [0.25, 0.3) is 0 Å². The minimum atomic E-state index is -1.08. The zero-order valence-electron chi connectivity index (χ0n) is 16.8. The number of aliphatic hydroxyl groups is 1. The molecule has 7 heteroatoms. The first kappa shape index (κ1) is 21.3. The Balaban J connectivity index is 1.88. The summed E-state index contributed by atoms with van der Waals surface area (Å²) < 4.78 is 7.04. The van der Waals surface area contributed by atoms with Crippen LogP contribution < -0.4 is 15.4 Å². The van der Waals surface area contributed by atoms with Gasteiger partial charge in [-0.2, -0.15) is 5.10 Å². The van der Waals surface area contributed by atoms with E-state index in [1.165, 1.54) is 5.56 Å². The standard InChI is InChI=1S/C21H29N5O2/c1-5-13-28-19-9-7-17(8-10-19)11-12-23-20(22-6-2)24-16-21(3,27)18-14-25-26(4)15-18/h1,7-10,14-15,27H,6,11-13,16H2,2-4H3,(H2,22,23,24). The van der Waals surface area contributed by atoms with Crippen molar-refractivity contribution in [2.45, 2.75) is 25.9 Å². The van der Waals surface area contributed by atoms with E-state index in [1.54, 1.807) is 24.0 Å². The zero-order chi connectivity index (χ0) is 20.4. The van der Waals surface area contributed by atoms with Crippen LogP contribution in [0.1, 0.15) is 25.0 Å². The minimum absolute atomic E-state index is 0.231. The summed E-state index contributed by atoms with van der Waals surface area (Å²) in [6.07, 6.45) is 9.48. The monoisotopic (exact) mass is 383 g/mol. The number of ether oxygens (including phenoxy) is 1. The predicted octanol–water partition coefficient (Wildman–Crippen LogP) is 1.44. The smallest absolute Gasteiger partial charge is 0.191 e. The second-order valence-corrected chi connectivity index (χ2v) is 6.69. The van der Waals surface area contributed by atoms with Crippen molar-refractivity contribution < 1.29 is 9.84 Å². The predicted molar refractivity (Wildman–Crippen MR) is 111 cm³/mol. The van der Waals surface area contributed by atoms with E-state index in [4.69, 9.17) is 11.2 Å². The Morgan fingerprint density at radius 1 is 1.36 bits per heavy atom. The molecule has 1 heterocycles. The van der Waals surface area contributed by atoms with Gasteiger partial charge in [-0.3, -0.25) is 4.68 Å². The molecule has 0 aliphatic carbocycles. The average molecular weight is 383 g/mol. The summed E-state index contributed by atoms with van der Waals surface area (Å²) in [5.41, 5.74) is 0.839. The van der Waals surface area contributed by atoms with Crippen LogP contribution in [0.15, 0.2) is 41.7 Å². The fourth-order valence-electron chi connectivity index (χ4n) is 2.57. The third kappa shape index (κ3) is 6.63. The third-order valence-corrected chi connectivity index (χ3v) is 4.17. The molecule has 0 bridgehead atoms. The van der Waals surface area contributed by atoms with E-state index in [9.17, 15) is 5.11 Å². The van der Waals surface area contributed by atoms with Crippen LogP contribution in [0.3, 0.4) is 0 Å². The Labute approximate surface area is 166 Å². The molecule has 150 valence electrons. The molecule has 28 heavy (non-hydrogen) atoms. The average Bonchev–Trinajstić information content (AvgIpc) is 3.13. The zero-order valence-corrected chi connectivity index (χ0v) is 16.8. The van der Waals surface area contributed by atoms with Gasteiger partial charge in [-0.05, 0) is 38.0 Å². The number of rotatable bonds is 9. The highest BCUT2D eigenvalue weighted by Gasteiger charge is 2.24. The quantitative estimate of drug-likeness (QED) is 0.347. The molecule has 2 rings (SSSR count). The Kier molecular flexibility index (Phi) is 7.90. The molecule has 0 spiro atoms. The molecule has 0 saturated heterocycles. The van der Waals surface area contributed by atoms with E-state index in [2.05, 4.69) is 26.6 Å². The van der Waals surface area contributed by atoms with E-state index in [0.717, 1.165) is 24.3 Å². The number of aromatic nitrogens is 2. The van der Waals surface area contributed by atoms with Crippen LogP contribution in [0.2, 0.25) is 0 Å². The molecule has 3 N–H and O–H groups in total. The number of hydrogen-bond acceptors (Lipinski definition) is 4. The number of aliphatic imine (C=N–C) groups is 1. The lowest BCUT2D eigenvalue weighted by Gasteiger charge is -2.20. The van der Waals surface area contributed by atoms with Crippen molar-refractivity contribution in [2.75, 3.05) is 26.2 Å². The maximum atomic E-state index is 10.7. The van der Waals surface area contributed by atoms with Gasteiger partial charge in [-0.25, -0.2) is 4.99 Å². The van der Waals surface area contributed by atoms with Gasteiger partial charge in [0.1, 0.15) is 18.0 Å². The highest BCUT2D eigenvalue weighted by atomic mass is 16.5. The Hall–Kier alpha value is -2.98. The van der Waals surface area contributed by atoms with E-state index < -0.39 is 5.60 Å². The van der Waals surface area contributed by atoms with Gasteiger partial charge < -0.3 is 20.5 Å². The lowest BCUT2D eigenvalue weighted by molar-refractivity contribution is 0.0672. The van der Waals surface area contributed by atoms with Crippen LogP contribution in [0.25, 0.3) is 0 Å². The van der Waals surface area contributed by atoms with Crippen LogP contribution in [0, 0.1) is 12.3 Å². The number of aryl methyl sites for hydroxylation is 1. The van der Waals surface area contributed by atoms with Crippen LogP contribution >= 0.6 is 0 Å². The first-order valence-corrected chi connectivity index (χ1v) is 9.33. The van der Waals surface area contributed by atoms with Crippen LogP contribution in [0.4, 0.5) is 0 Å². The number of benzene rings is 1. The molecule has 7 nitrogen and oxygen atoms in total. The van der Waals surface area contributed by atoms with E-state index in [1.807, 2.05) is 38.2 Å². The molecule has 0 saturated carbocycles. The largest absolute Gasteiger partial charge is 0.481 e. The van der Waals surface area contributed by atoms with Gasteiger partial charge in [0, 0.05) is 31.9 Å². The Morgan fingerprint density at radius 3 is 2.71 bits per heavy atom. The number of nitrogens with zero attached hydrogens (tertiary/aromatic N) is 3. The molecular weight excluding hydrogens is 354 g/mol. The summed E-state index contributed by atoms with van der Waals surface area (Å²) in [5.74, 6) is 3.88. The van der Waals surface area contributed by atoms with Crippen molar-refractivity contribution in [1.29, 1.82) is 0 Å². The number of terminal acetylenes is 1. The molecule has 2 aromatic rings. The molecule has 1 aromatic heterocycles. The molecular formula is C21H29N5O2. The van der Waals surface area contributed by atoms with Crippen LogP contribution in [-0.4, -0.2) is 47.1 Å². The summed E-state index contributed by atoms with van der Waals surface area (Å²) in [6, 6.07) is 7.86. The highest BCUT2D eigenvalue weighted by Crippen LogP contribution is 2.19. The van der Waals surface area contributed by atoms with E-state index >= 15 is 0 Å². The highest BCUT2D eigenvalue weighted by molar-refractivity contribution is 5.79. The molecule has 0 amide bonds. The first-order chi connectivity index (χ1) is 13.4. The fraction of sp³-hybridized carbons (Fsp3) is 0.429. The molecule has 1 aromatic carbocycles. The summed E-state index contributed by atoms with van der Waals surface area (Å²) in [6.45, 7) is 5.70. The van der Waals surface area contributed by atoms with Crippen LogP contribution in [-0.2, 0) is 19.1 Å². The second kappa shape index (κ2) is 10.4. The first-order valence-electron chi connectivity index (χ1n) is 9.33. The minimum Gasteiger partial charge on any atom is -0.481 e.